The highest BCUT2D eigenvalue weighted by Crippen LogP contribution is 2.22. The summed E-state index contributed by atoms with van der Waals surface area (Å²) in [5.74, 6) is 0.618. The van der Waals surface area contributed by atoms with Crippen molar-refractivity contribution >= 4 is 27.3 Å². The second kappa shape index (κ2) is 7.20. The van der Waals surface area contributed by atoms with E-state index in [2.05, 4.69) is 41.2 Å². The first-order valence-corrected chi connectivity index (χ1v) is 8.58. The van der Waals surface area contributed by atoms with Crippen LogP contribution in [0.15, 0.2) is 43.8 Å². The Balaban J connectivity index is 2.02. The number of ether oxygens (including phenoxy) is 1. The molecule has 0 aliphatic carbocycles. The average Bonchev–Trinajstić information content (AvgIpc) is 2.91. The van der Waals surface area contributed by atoms with Gasteiger partial charge in [-0.3, -0.25) is 9.89 Å². The van der Waals surface area contributed by atoms with Gasteiger partial charge >= 0.3 is 5.56 Å². The Morgan fingerprint density at radius 2 is 1.81 bits per heavy atom. The third kappa shape index (κ3) is 3.43. The molecule has 134 valence electrons. The molecule has 0 amide bonds. The van der Waals surface area contributed by atoms with Crippen LogP contribution in [0.25, 0.3) is 5.95 Å². The van der Waals surface area contributed by atoms with Crippen molar-refractivity contribution < 1.29 is 4.74 Å². The van der Waals surface area contributed by atoms with Crippen LogP contribution in [0.5, 0.6) is 5.88 Å². The zero-order valence-electron chi connectivity index (χ0n) is 14.7. The number of aromatic amines is 1. The third-order valence-electron chi connectivity index (χ3n) is 3.86. The molecule has 0 saturated heterocycles. The van der Waals surface area contributed by atoms with Gasteiger partial charge < -0.3 is 4.74 Å². The summed E-state index contributed by atoms with van der Waals surface area (Å²) in [5.41, 5.74) is 2.58. The number of azo groups is 1. The lowest BCUT2D eigenvalue weighted by molar-refractivity contribution is 0.391. The molecule has 0 spiro atoms. The van der Waals surface area contributed by atoms with Crippen molar-refractivity contribution in [3.63, 3.8) is 0 Å². The van der Waals surface area contributed by atoms with E-state index in [0.717, 1.165) is 15.7 Å². The van der Waals surface area contributed by atoms with Gasteiger partial charge in [0.15, 0.2) is 5.69 Å². The van der Waals surface area contributed by atoms with Crippen molar-refractivity contribution in [1.29, 1.82) is 0 Å². The van der Waals surface area contributed by atoms with Gasteiger partial charge in [0.25, 0.3) is 5.95 Å². The number of methoxy groups -OCH3 is 1. The van der Waals surface area contributed by atoms with Gasteiger partial charge in [0.1, 0.15) is 0 Å². The highest BCUT2D eigenvalue weighted by atomic mass is 79.9. The van der Waals surface area contributed by atoms with E-state index in [-0.39, 0.29) is 17.2 Å². The maximum Gasteiger partial charge on any atom is 0.301 e. The molecule has 1 aromatic carbocycles. The maximum atomic E-state index is 12.7. The standard InChI is InChI=1S/C17H17BrN6O2/c1-9-10(2)19-17(20-15(9)26-4)24-16(25)14(11(3)23-24)22-21-13-7-5-12(18)6-8-13/h5-8,23H,1-4H3. The van der Waals surface area contributed by atoms with Crippen molar-refractivity contribution in [3.8, 4) is 11.8 Å². The number of hydrogen-bond donors (Lipinski definition) is 1. The molecule has 0 saturated carbocycles. The minimum Gasteiger partial charge on any atom is -0.481 e. The van der Waals surface area contributed by atoms with Crippen molar-refractivity contribution in [3.05, 3.63) is 56.0 Å². The molecular weight excluding hydrogens is 400 g/mol. The zero-order chi connectivity index (χ0) is 18.8. The van der Waals surface area contributed by atoms with E-state index < -0.39 is 0 Å². The van der Waals surface area contributed by atoms with Crippen molar-refractivity contribution in [2.45, 2.75) is 20.8 Å². The van der Waals surface area contributed by atoms with E-state index in [1.54, 1.807) is 19.1 Å². The fraction of sp³-hybridized carbons (Fsp3) is 0.235. The summed E-state index contributed by atoms with van der Waals surface area (Å²) in [4.78, 5) is 21.4. The van der Waals surface area contributed by atoms with Gasteiger partial charge in [0, 0.05) is 15.7 Å². The lowest BCUT2D eigenvalue weighted by Crippen LogP contribution is -2.18. The smallest absolute Gasteiger partial charge is 0.301 e. The molecule has 2 heterocycles. The molecule has 9 heteroatoms. The Labute approximate surface area is 158 Å². The van der Waals surface area contributed by atoms with Crippen LogP contribution in [0.4, 0.5) is 11.4 Å². The molecule has 0 fully saturated rings. The number of hydrogen-bond acceptors (Lipinski definition) is 6. The largest absolute Gasteiger partial charge is 0.481 e. The van der Waals surface area contributed by atoms with Crippen LogP contribution in [0.1, 0.15) is 17.0 Å². The first kappa shape index (κ1) is 18.0. The Kier molecular flexibility index (Phi) is 4.99. The molecule has 0 aliphatic rings. The second-order valence-electron chi connectivity index (χ2n) is 5.65. The van der Waals surface area contributed by atoms with Crippen LogP contribution < -0.4 is 10.3 Å². The van der Waals surface area contributed by atoms with Gasteiger partial charge in [-0.25, -0.2) is 4.98 Å². The van der Waals surface area contributed by atoms with Crippen LogP contribution in [0, 0.1) is 20.8 Å². The van der Waals surface area contributed by atoms with E-state index in [1.165, 1.54) is 11.8 Å². The van der Waals surface area contributed by atoms with Crippen molar-refractivity contribution in [2.75, 3.05) is 7.11 Å². The number of nitrogens with one attached hydrogen (secondary N) is 1. The van der Waals surface area contributed by atoms with E-state index in [9.17, 15) is 4.79 Å². The summed E-state index contributed by atoms with van der Waals surface area (Å²) in [5, 5.41) is 11.1. The Morgan fingerprint density at radius 1 is 1.12 bits per heavy atom. The lowest BCUT2D eigenvalue weighted by atomic mass is 10.3. The number of aromatic nitrogens is 4. The molecule has 0 radical (unpaired) electrons. The van der Waals surface area contributed by atoms with E-state index in [0.29, 0.717) is 17.3 Å². The molecule has 0 atom stereocenters. The van der Waals surface area contributed by atoms with Crippen LogP contribution in [0.3, 0.4) is 0 Å². The fourth-order valence-electron chi connectivity index (χ4n) is 2.30. The van der Waals surface area contributed by atoms with Gasteiger partial charge in [0.05, 0.1) is 18.5 Å². The summed E-state index contributed by atoms with van der Waals surface area (Å²) >= 11 is 3.36. The van der Waals surface area contributed by atoms with Crippen LogP contribution >= 0.6 is 15.9 Å². The van der Waals surface area contributed by atoms with Gasteiger partial charge in [0.2, 0.25) is 5.88 Å². The van der Waals surface area contributed by atoms with Crippen LogP contribution in [0.2, 0.25) is 0 Å². The molecule has 0 unspecified atom stereocenters. The summed E-state index contributed by atoms with van der Waals surface area (Å²) in [6.45, 7) is 5.43. The van der Waals surface area contributed by atoms with Gasteiger partial charge in [-0.15, -0.1) is 5.11 Å². The minimum atomic E-state index is -0.381. The lowest BCUT2D eigenvalue weighted by Gasteiger charge is -2.08. The van der Waals surface area contributed by atoms with Crippen LogP contribution in [-0.2, 0) is 0 Å². The first-order chi connectivity index (χ1) is 12.4. The average molecular weight is 417 g/mol. The Bertz CT molecular complexity index is 1040. The molecule has 26 heavy (non-hydrogen) atoms. The molecular formula is C17H17BrN6O2. The molecule has 0 aliphatic heterocycles. The monoisotopic (exact) mass is 416 g/mol. The summed E-state index contributed by atoms with van der Waals surface area (Å²) in [6, 6.07) is 7.30. The topological polar surface area (TPSA) is 97.5 Å². The highest BCUT2D eigenvalue weighted by molar-refractivity contribution is 9.10. The van der Waals surface area contributed by atoms with Gasteiger partial charge in [-0.1, -0.05) is 15.9 Å². The molecule has 0 bridgehead atoms. The van der Waals surface area contributed by atoms with Crippen molar-refractivity contribution in [1.82, 2.24) is 19.7 Å². The van der Waals surface area contributed by atoms with Gasteiger partial charge in [-0.2, -0.15) is 14.8 Å². The summed E-state index contributed by atoms with van der Waals surface area (Å²) < 4.78 is 7.43. The third-order valence-corrected chi connectivity index (χ3v) is 4.39. The quantitative estimate of drug-likeness (QED) is 0.647. The highest BCUT2D eigenvalue weighted by Gasteiger charge is 2.16. The molecule has 2 aromatic heterocycles. The normalized spacial score (nSPS) is 11.3. The number of H-pyrrole nitrogens is 1. The predicted octanol–water partition coefficient (Wildman–Crippen LogP) is 4.07. The first-order valence-electron chi connectivity index (χ1n) is 7.79. The van der Waals surface area contributed by atoms with Crippen molar-refractivity contribution in [2.24, 2.45) is 10.2 Å². The predicted molar refractivity (Wildman–Crippen MR) is 101 cm³/mol. The number of benzene rings is 1. The molecule has 3 aromatic rings. The van der Waals surface area contributed by atoms with Crippen LogP contribution in [-0.4, -0.2) is 26.9 Å². The number of nitrogens with zero attached hydrogens (tertiary/aromatic N) is 5. The summed E-state index contributed by atoms with van der Waals surface area (Å²) in [7, 11) is 1.53. The Morgan fingerprint density at radius 3 is 2.46 bits per heavy atom. The van der Waals surface area contributed by atoms with E-state index in [1.807, 2.05) is 26.0 Å². The summed E-state index contributed by atoms with van der Waals surface area (Å²) in [6.07, 6.45) is 0. The number of halogens is 1. The number of rotatable bonds is 4. The maximum absolute atomic E-state index is 12.7. The Hall–Kier alpha value is -2.81. The van der Waals surface area contributed by atoms with Gasteiger partial charge in [-0.05, 0) is 45.0 Å². The second-order valence-corrected chi connectivity index (χ2v) is 6.56. The minimum absolute atomic E-state index is 0.197. The molecule has 3 rings (SSSR count). The van der Waals surface area contributed by atoms with E-state index >= 15 is 0 Å². The molecule has 1 N–H and O–H groups in total. The zero-order valence-corrected chi connectivity index (χ0v) is 16.3. The number of aryl methyl sites for hydroxylation is 2. The fourth-order valence-corrected chi connectivity index (χ4v) is 2.56. The molecule has 8 nitrogen and oxygen atoms in total. The SMILES string of the molecule is COc1nc(-n2[nH]c(C)c(N=Nc3ccc(Br)cc3)c2=O)nc(C)c1C. The van der Waals surface area contributed by atoms with E-state index in [4.69, 9.17) is 4.74 Å².